The van der Waals surface area contributed by atoms with Gasteiger partial charge in [-0.2, -0.15) is 0 Å². The lowest BCUT2D eigenvalue weighted by molar-refractivity contribution is -0.124. The summed E-state index contributed by atoms with van der Waals surface area (Å²) in [5, 5.41) is 6.88. The van der Waals surface area contributed by atoms with Crippen LogP contribution in [0.25, 0.3) is 0 Å². The van der Waals surface area contributed by atoms with Crippen LogP contribution in [0.2, 0.25) is 0 Å². The number of methoxy groups -OCH3 is 3. The molecule has 0 bridgehead atoms. The molecule has 0 aromatic heterocycles. The molecule has 2 rings (SSSR count). The van der Waals surface area contributed by atoms with Gasteiger partial charge in [-0.05, 0) is 43.3 Å². The van der Waals surface area contributed by atoms with E-state index in [2.05, 4.69) is 15.5 Å². The summed E-state index contributed by atoms with van der Waals surface area (Å²) >= 11 is 5.49. The molecule has 0 aliphatic carbocycles. The third-order valence-corrected chi connectivity index (χ3v) is 5.34. The Morgan fingerprint density at radius 2 is 1.75 bits per heavy atom. The molecule has 1 aliphatic rings. The zero-order chi connectivity index (χ0) is 20.7. The number of likely N-dealkylation sites (tertiary alicyclic amines) is 1. The van der Waals surface area contributed by atoms with E-state index in [0.717, 1.165) is 18.5 Å². The van der Waals surface area contributed by atoms with E-state index in [9.17, 15) is 4.79 Å². The van der Waals surface area contributed by atoms with Crippen LogP contribution in [-0.4, -0.2) is 63.4 Å². The molecular formula is C20H31N3O4S. The van der Waals surface area contributed by atoms with E-state index in [4.69, 9.17) is 26.4 Å². The highest BCUT2D eigenvalue weighted by Gasteiger charge is 2.40. The van der Waals surface area contributed by atoms with Gasteiger partial charge in [-0.25, -0.2) is 0 Å². The second-order valence-electron chi connectivity index (χ2n) is 6.70. The average molecular weight is 410 g/mol. The van der Waals surface area contributed by atoms with Crippen molar-refractivity contribution in [1.82, 2.24) is 15.5 Å². The monoisotopic (exact) mass is 409 g/mol. The summed E-state index contributed by atoms with van der Waals surface area (Å²) in [4.78, 5) is 14.9. The maximum Gasteiger partial charge on any atom is 0.225 e. The molecule has 1 fully saturated rings. The molecule has 1 aliphatic heterocycles. The first kappa shape index (κ1) is 22.1. The van der Waals surface area contributed by atoms with Crippen molar-refractivity contribution in [2.24, 2.45) is 5.92 Å². The topological polar surface area (TPSA) is 72.1 Å². The van der Waals surface area contributed by atoms with Crippen molar-refractivity contribution >= 4 is 23.2 Å². The van der Waals surface area contributed by atoms with E-state index >= 15 is 0 Å². The van der Waals surface area contributed by atoms with E-state index in [1.807, 2.05) is 26.0 Å². The largest absolute Gasteiger partial charge is 0.493 e. The molecule has 1 heterocycles. The number of nitrogens with zero attached hydrogens (tertiary/aromatic N) is 1. The first-order valence-electron chi connectivity index (χ1n) is 9.60. The second kappa shape index (κ2) is 10.4. The molecule has 1 amide bonds. The summed E-state index contributed by atoms with van der Waals surface area (Å²) in [6.45, 7) is 6.67. The first-order valence-corrected chi connectivity index (χ1v) is 10.0. The lowest BCUT2D eigenvalue weighted by Crippen LogP contribution is -2.39. The molecule has 28 heavy (non-hydrogen) atoms. The Balaban J connectivity index is 2.40. The molecule has 156 valence electrons. The lowest BCUT2D eigenvalue weighted by Gasteiger charge is -2.21. The predicted molar refractivity (Wildman–Crippen MR) is 113 cm³/mol. The second-order valence-corrected chi connectivity index (χ2v) is 7.09. The van der Waals surface area contributed by atoms with Gasteiger partial charge < -0.3 is 29.7 Å². The van der Waals surface area contributed by atoms with Crippen LogP contribution < -0.4 is 24.8 Å². The summed E-state index contributed by atoms with van der Waals surface area (Å²) < 4.78 is 16.4. The van der Waals surface area contributed by atoms with Gasteiger partial charge in [0.15, 0.2) is 16.6 Å². The molecule has 2 N–H and O–H groups in total. The van der Waals surface area contributed by atoms with Crippen LogP contribution in [0, 0.1) is 5.92 Å². The maximum absolute atomic E-state index is 12.9. The van der Waals surface area contributed by atoms with Crippen molar-refractivity contribution in [2.45, 2.75) is 26.2 Å². The molecule has 7 nitrogen and oxygen atoms in total. The fourth-order valence-electron chi connectivity index (χ4n) is 3.53. The number of thiocarbonyl (C=S) groups is 1. The van der Waals surface area contributed by atoms with Gasteiger partial charge in [0.05, 0.1) is 27.2 Å². The number of carbonyl (C=O) groups is 1. The van der Waals surface area contributed by atoms with E-state index in [-0.39, 0.29) is 17.7 Å². The Kier molecular flexibility index (Phi) is 8.17. The Morgan fingerprint density at radius 3 is 2.25 bits per heavy atom. The molecule has 0 saturated carbocycles. The Bertz CT molecular complexity index is 673. The molecular weight excluding hydrogens is 378 g/mol. The molecule has 0 spiro atoms. The van der Waals surface area contributed by atoms with Crippen molar-refractivity contribution in [3.8, 4) is 17.2 Å². The molecule has 1 saturated heterocycles. The Morgan fingerprint density at radius 1 is 1.11 bits per heavy atom. The summed E-state index contributed by atoms with van der Waals surface area (Å²) in [5.41, 5.74) is 0.966. The smallest absolute Gasteiger partial charge is 0.225 e. The minimum absolute atomic E-state index is 0.0397. The van der Waals surface area contributed by atoms with Gasteiger partial charge in [-0.3, -0.25) is 4.79 Å². The molecule has 0 radical (unpaired) electrons. The number of rotatable bonds is 8. The van der Waals surface area contributed by atoms with Gasteiger partial charge in [-0.15, -0.1) is 0 Å². The van der Waals surface area contributed by atoms with Crippen molar-refractivity contribution in [3.05, 3.63) is 17.7 Å². The third kappa shape index (κ3) is 4.79. The number of amides is 1. The van der Waals surface area contributed by atoms with Crippen molar-refractivity contribution in [2.75, 3.05) is 47.5 Å². The van der Waals surface area contributed by atoms with E-state index in [1.54, 1.807) is 21.3 Å². The fraction of sp³-hybridized carbons (Fsp3) is 0.600. The van der Waals surface area contributed by atoms with Gasteiger partial charge in [-0.1, -0.05) is 6.92 Å². The van der Waals surface area contributed by atoms with Crippen molar-refractivity contribution in [1.29, 1.82) is 0 Å². The number of hydrogen-bond donors (Lipinski definition) is 2. The highest BCUT2D eigenvalue weighted by atomic mass is 32.1. The van der Waals surface area contributed by atoms with Crippen LogP contribution in [-0.2, 0) is 4.79 Å². The van der Waals surface area contributed by atoms with Crippen LogP contribution in [0.4, 0.5) is 0 Å². The number of hydrogen-bond acceptors (Lipinski definition) is 5. The normalized spacial score (nSPS) is 18.5. The zero-order valence-electron chi connectivity index (χ0n) is 17.3. The molecule has 0 unspecified atom stereocenters. The number of carbonyl (C=O) groups excluding carboxylic acids is 1. The lowest BCUT2D eigenvalue weighted by atomic mass is 9.88. The van der Waals surface area contributed by atoms with Crippen LogP contribution in [0.3, 0.4) is 0 Å². The summed E-state index contributed by atoms with van der Waals surface area (Å²) in [6.07, 6.45) is 0.896. The minimum Gasteiger partial charge on any atom is -0.493 e. The van der Waals surface area contributed by atoms with Gasteiger partial charge >= 0.3 is 0 Å². The van der Waals surface area contributed by atoms with Gasteiger partial charge in [0.1, 0.15) is 0 Å². The zero-order valence-corrected chi connectivity index (χ0v) is 18.1. The van der Waals surface area contributed by atoms with Gasteiger partial charge in [0, 0.05) is 32.1 Å². The summed E-state index contributed by atoms with van der Waals surface area (Å²) in [6, 6.07) is 3.85. The molecule has 1 aromatic carbocycles. The average Bonchev–Trinajstić information content (AvgIpc) is 3.16. The Labute approximate surface area is 172 Å². The van der Waals surface area contributed by atoms with E-state index < -0.39 is 0 Å². The highest BCUT2D eigenvalue weighted by molar-refractivity contribution is 7.80. The van der Waals surface area contributed by atoms with Crippen LogP contribution in [0.15, 0.2) is 12.1 Å². The van der Waals surface area contributed by atoms with Gasteiger partial charge in [0.25, 0.3) is 0 Å². The first-order chi connectivity index (χ1) is 13.5. The van der Waals surface area contributed by atoms with Crippen LogP contribution in [0.1, 0.15) is 31.7 Å². The number of benzene rings is 1. The third-order valence-electron chi connectivity index (χ3n) is 4.94. The van der Waals surface area contributed by atoms with E-state index in [1.165, 1.54) is 0 Å². The standard InChI is InChI=1S/C20H31N3O4S/c1-6-8-22-19(24)15-12-23(20(28)21-7-2)11-14(15)13-9-16(25-3)18(27-5)17(10-13)26-4/h9-10,14-15H,6-8,11-12H2,1-5H3,(H,21,28)(H,22,24)/t14-,15+/m1/s1. The van der Waals surface area contributed by atoms with E-state index in [0.29, 0.717) is 42.0 Å². The fourth-order valence-corrected chi connectivity index (χ4v) is 3.82. The maximum atomic E-state index is 12.9. The number of ether oxygens (including phenoxy) is 3. The molecule has 1 aromatic rings. The summed E-state index contributed by atoms with van der Waals surface area (Å²) in [5.74, 6) is 1.49. The molecule has 8 heteroatoms. The number of nitrogens with one attached hydrogen (secondary N) is 2. The Hall–Kier alpha value is -2.22. The highest BCUT2D eigenvalue weighted by Crippen LogP contribution is 2.43. The summed E-state index contributed by atoms with van der Waals surface area (Å²) in [7, 11) is 4.76. The predicted octanol–water partition coefficient (Wildman–Crippen LogP) is 2.15. The van der Waals surface area contributed by atoms with Crippen LogP contribution >= 0.6 is 12.2 Å². The minimum atomic E-state index is -0.217. The van der Waals surface area contributed by atoms with Crippen molar-refractivity contribution in [3.63, 3.8) is 0 Å². The van der Waals surface area contributed by atoms with Crippen LogP contribution in [0.5, 0.6) is 17.2 Å². The molecule has 2 atom stereocenters. The SMILES string of the molecule is CCCNC(=O)[C@H]1CN(C(=S)NCC)C[C@@H]1c1cc(OC)c(OC)c(OC)c1. The van der Waals surface area contributed by atoms with Gasteiger partial charge in [0.2, 0.25) is 11.7 Å². The quantitative estimate of drug-likeness (QED) is 0.638. The van der Waals surface area contributed by atoms with Crippen molar-refractivity contribution < 1.29 is 19.0 Å².